The smallest absolute Gasteiger partial charge is 0.338 e. The molecule has 0 heterocycles. The lowest BCUT2D eigenvalue weighted by atomic mass is 9.87. The van der Waals surface area contributed by atoms with Crippen LogP contribution in [-0.4, -0.2) is 18.5 Å². The van der Waals surface area contributed by atoms with Gasteiger partial charge in [0.15, 0.2) is 6.61 Å². The first kappa shape index (κ1) is 18.2. The van der Waals surface area contributed by atoms with Gasteiger partial charge in [0.2, 0.25) is 0 Å². The van der Waals surface area contributed by atoms with E-state index in [1.165, 1.54) is 17.5 Å². The Morgan fingerprint density at radius 2 is 1.69 bits per heavy atom. The zero-order chi connectivity index (χ0) is 18.7. The molecule has 26 heavy (non-hydrogen) atoms. The molecule has 0 unspecified atom stereocenters. The number of anilines is 1. The summed E-state index contributed by atoms with van der Waals surface area (Å²) in [6.07, 6.45) is 3.33. The minimum atomic E-state index is -0.491. The Hall–Kier alpha value is -2.62. The maximum Gasteiger partial charge on any atom is 0.338 e. The lowest BCUT2D eigenvalue weighted by molar-refractivity contribution is -0.119. The quantitative estimate of drug-likeness (QED) is 0.837. The zero-order valence-electron chi connectivity index (χ0n) is 15.6. The van der Waals surface area contributed by atoms with E-state index in [0.29, 0.717) is 5.56 Å². The first-order valence-electron chi connectivity index (χ1n) is 9.02. The summed E-state index contributed by atoms with van der Waals surface area (Å²) in [5.74, 6) is -0.822. The Balaban J connectivity index is 1.53. The SMILES string of the molecule is CC(C)(C)c1ccc(C(=O)OCC(=O)Nc2ccc3c(c2)CCC3)cc1. The van der Waals surface area contributed by atoms with Gasteiger partial charge in [0.1, 0.15) is 0 Å². The number of ether oxygens (including phenoxy) is 1. The average molecular weight is 351 g/mol. The molecule has 3 rings (SSSR count). The number of carbonyl (C=O) groups is 2. The Kier molecular flexibility index (Phi) is 5.12. The molecular weight excluding hydrogens is 326 g/mol. The van der Waals surface area contributed by atoms with Crippen LogP contribution in [0.3, 0.4) is 0 Å². The maximum absolute atomic E-state index is 12.1. The molecule has 0 bridgehead atoms. The highest BCUT2D eigenvalue weighted by atomic mass is 16.5. The van der Waals surface area contributed by atoms with Gasteiger partial charge in [0.25, 0.3) is 5.91 Å². The molecule has 4 nitrogen and oxygen atoms in total. The Morgan fingerprint density at radius 3 is 2.38 bits per heavy atom. The summed E-state index contributed by atoms with van der Waals surface area (Å²) in [6.45, 7) is 6.05. The average Bonchev–Trinajstić information content (AvgIpc) is 3.07. The van der Waals surface area contributed by atoms with Crippen LogP contribution in [0, 0.1) is 0 Å². The molecule has 4 heteroatoms. The number of hydrogen-bond donors (Lipinski definition) is 1. The van der Waals surface area contributed by atoms with E-state index in [2.05, 4.69) is 32.2 Å². The fourth-order valence-electron chi connectivity index (χ4n) is 3.17. The van der Waals surface area contributed by atoms with Crippen LogP contribution < -0.4 is 5.32 Å². The van der Waals surface area contributed by atoms with Gasteiger partial charge in [0.05, 0.1) is 5.56 Å². The highest BCUT2D eigenvalue weighted by Gasteiger charge is 2.16. The molecule has 0 saturated carbocycles. The third-order valence-electron chi connectivity index (χ3n) is 4.70. The van der Waals surface area contributed by atoms with Gasteiger partial charge in [0, 0.05) is 5.69 Å². The molecule has 0 aromatic heterocycles. The zero-order valence-corrected chi connectivity index (χ0v) is 15.6. The second kappa shape index (κ2) is 7.32. The van der Waals surface area contributed by atoms with Crippen LogP contribution in [0.2, 0.25) is 0 Å². The molecule has 0 atom stereocenters. The highest BCUT2D eigenvalue weighted by molar-refractivity contribution is 5.95. The minimum Gasteiger partial charge on any atom is -0.452 e. The van der Waals surface area contributed by atoms with E-state index in [9.17, 15) is 9.59 Å². The van der Waals surface area contributed by atoms with Gasteiger partial charge in [-0.3, -0.25) is 4.79 Å². The molecule has 1 aliphatic rings. The molecule has 1 amide bonds. The number of fused-ring (bicyclic) bond motifs is 1. The fraction of sp³-hybridized carbons (Fsp3) is 0.364. The van der Waals surface area contributed by atoms with Crippen LogP contribution in [-0.2, 0) is 27.8 Å². The van der Waals surface area contributed by atoms with Crippen molar-refractivity contribution in [2.75, 3.05) is 11.9 Å². The molecular formula is C22H25NO3. The monoisotopic (exact) mass is 351 g/mol. The van der Waals surface area contributed by atoms with Crippen molar-refractivity contribution < 1.29 is 14.3 Å². The number of hydrogen-bond acceptors (Lipinski definition) is 3. The molecule has 0 saturated heterocycles. The number of esters is 1. The Morgan fingerprint density at radius 1 is 1.00 bits per heavy atom. The first-order valence-corrected chi connectivity index (χ1v) is 9.02. The summed E-state index contributed by atoms with van der Waals surface area (Å²) in [7, 11) is 0. The number of nitrogens with one attached hydrogen (secondary N) is 1. The van der Waals surface area contributed by atoms with Gasteiger partial charge >= 0.3 is 5.97 Å². The fourth-order valence-corrected chi connectivity index (χ4v) is 3.17. The maximum atomic E-state index is 12.1. The van der Waals surface area contributed by atoms with Crippen molar-refractivity contribution >= 4 is 17.6 Å². The summed E-state index contributed by atoms with van der Waals surface area (Å²) >= 11 is 0. The van der Waals surface area contributed by atoms with E-state index in [4.69, 9.17) is 4.74 Å². The van der Waals surface area contributed by atoms with Crippen LogP contribution in [0.15, 0.2) is 42.5 Å². The first-order chi connectivity index (χ1) is 12.3. The minimum absolute atomic E-state index is 0.0260. The van der Waals surface area contributed by atoms with Crippen LogP contribution in [0.5, 0.6) is 0 Å². The normalized spacial score (nSPS) is 13.2. The number of benzene rings is 2. The van der Waals surface area contributed by atoms with Gasteiger partial charge < -0.3 is 10.1 Å². The standard InChI is InChI=1S/C22H25NO3/c1-22(2,3)18-10-7-16(8-11-18)21(25)26-14-20(24)23-19-12-9-15-5-4-6-17(15)13-19/h7-13H,4-6,14H2,1-3H3,(H,23,24). The van der Waals surface area contributed by atoms with E-state index < -0.39 is 5.97 Å². The van der Waals surface area contributed by atoms with Crippen molar-refractivity contribution in [3.05, 3.63) is 64.7 Å². The summed E-state index contributed by atoms with van der Waals surface area (Å²) in [4.78, 5) is 24.2. The van der Waals surface area contributed by atoms with E-state index in [1.807, 2.05) is 24.3 Å². The van der Waals surface area contributed by atoms with E-state index in [1.54, 1.807) is 12.1 Å². The molecule has 0 aliphatic heterocycles. The molecule has 0 radical (unpaired) electrons. The van der Waals surface area contributed by atoms with E-state index >= 15 is 0 Å². The number of amides is 1. The molecule has 1 N–H and O–H groups in total. The lowest BCUT2D eigenvalue weighted by Gasteiger charge is -2.18. The van der Waals surface area contributed by atoms with Crippen LogP contribution >= 0.6 is 0 Å². The van der Waals surface area contributed by atoms with Crippen molar-refractivity contribution in [3.63, 3.8) is 0 Å². The molecule has 0 fully saturated rings. The topological polar surface area (TPSA) is 55.4 Å². The van der Waals surface area contributed by atoms with Crippen molar-refractivity contribution in [2.45, 2.75) is 45.4 Å². The molecule has 1 aliphatic carbocycles. The summed E-state index contributed by atoms with van der Waals surface area (Å²) in [5, 5.41) is 2.79. The third kappa shape index (κ3) is 4.31. The molecule has 0 spiro atoms. The van der Waals surface area contributed by atoms with Crippen LogP contribution in [0.4, 0.5) is 5.69 Å². The van der Waals surface area contributed by atoms with Crippen molar-refractivity contribution in [1.82, 2.24) is 0 Å². The number of aryl methyl sites for hydroxylation is 2. The van der Waals surface area contributed by atoms with Gasteiger partial charge in [-0.2, -0.15) is 0 Å². The van der Waals surface area contributed by atoms with Crippen molar-refractivity contribution in [1.29, 1.82) is 0 Å². The molecule has 2 aromatic rings. The van der Waals surface area contributed by atoms with Crippen LogP contribution in [0.25, 0.3) is 0 Å². The molecule has 2 aromatic carbocycles. The molecule has 136 valence electrons. The number of carbonyl (C=O) groups excluding carboxylic acids is 2. The van der Waals surface area contributed by atoms with Crippen LogP contribution in [0.1, 0.15) is 54.2 Å². The van der Waals surface area contributed by atoms with E-state index in [-0.39, 0.29) is 17.9 Å². The van der Waals surface area contributed by atoms with Gasteiger partial charge in [-0.1, -0.05) is 39.0 Å². The van der Waals surface area contributed by atoms with Crippen molar-refractivity contribution in [3.8, 4) is 0 Å². The Bertz CT molecular complexity index is 816. The highest BCUT2D eigenvalue weighted by Crippen LogP contribution is 2.25. The van der Waals surface area contributed by atoms with E-state index in [0.717, 1.165) is 24.1 Å². The third-order valence-corrected chi connectivity index (χ3v) is 4.70. The number of rotatable bonds is 4. The lowest BCUT2D eigenvalue weighted by Crippen LogP contribution is -2.21. The summed E-state index contributed by atoms with van der Waals surface area (Å²) in [5.41, 5.74) is 5.01. The second-order valence-electron chi connectivity index (χ2n) is 7.79. The van der Waals surface area contributed by atoms with Gasteiger partial charge in [-0.25, -0.2) is 4.79 Å². The summed E-state index contributed by atoms with van der Waals surface area (Å²) in [6, 6.07) is 13.3. The van der Waals surface area contributed by atoms with Crippen molar-refractivity contribution in [2.24, 2.45) is 0 Å². The Labute approximate surface area is 154 Å². The second-order valence-corrected chi connectivity index (χ2v) is 7.79. The predicted octanol–water partition coefficient (Wildman–Crippen LogP) is 4.27. The van der Waals surface area contributed by atoms with Gasteiger partial charge in [-0.05, 0) is 65.6 Å². The predicted molar refractivity (Wildman–Crippen MR) is 103 cm³/mol. The largest absolute Gasteiger partial charge is 0.452 e. The van der Waals surface area contributed by atoms with Gasteiger partial charge in [-0.15, -0.1) is 0 Å². The summed E-state index contributed by atoms with van der Waals surface area (Å²) < 4.78 is 5.13.